The van der Waals surface area contributed by atoms with Crippen LogP contribution in [0.5, 0.6) is 0 Å². The van der Waals surface area contributed by atoms with E-state index in [1.165, 1.54) is 10.8 Å². The normalized spacial score (nSPS) is 11.1. The van der Waals surface area contributed by atoms with Crippen LogP contribution in [0.25, 0.3) is 91.8 Å². The summed E-state index contributed by atoms with van der Waals surface area (Å²) in [5, 5.41) is 4.15. The molecule has 0 aliphatic heterocycles. The largest absolute Gasteiger partial charge is 0.319 e. The number of hydrogen-bond donors (Lipinski definition) is 0. The van der Waals surface area contributed by atoms with Crippen LogP contribution in [0.3, 0.4) is 0 Å². The molecule has 0 bridgehead atoms. The maximum atomic E-state index is 8.51. The summed E-state index contributed by atoms with van der Waals surface area (Å²) >= 11 is 0. The van der Waals surface area contributed by atoms with Crippen LogP contribution in [0.2, 0.25) is 0 Å². The van der Waals surface area contributed by atoms with Crippen molar-refractivity contribution in [1.82, 2.24) is 9.13 Å². The highest BCUT2D eigenvalue weighted by molar-refractivity contribution is 6.12. The Labute approximate surface area is 288 Å². The third-order valence-electron chi connectivity index (χ3n) is 9.54. The van der Waals surface area contributed by atoms with Crippen molar-refractivity contribution in [3.63, 3.8) is 0 Å². The molecule has 5 nitrogen and oxygen atoms in total. The van der Waals surface area contributed by atoms with Crippen molar-refractivity contribution in [3.8, 4) is 33.6 Å². The molecule has 2 aromatic heterocycles. The zero-order valence-corrected chi connectivity index (χ0v) is 26.7. The van der Waals surface area contributed by atoms with Crippen LogP contribution in [0, 0.1) is 19.7 Å². The Morgan fingerprint density at radius 3 is 1.54 bits per heavy atom. The van der Waals surface area contributed by atoms with Crippen molar-refractivity contribution in [2.24, 2.45) is 0 Å². The average molecular weight is 636 g/mol. The third kappa shape index (κ3) is 4.38. The van der Waals surface area contributed by atoms with Gasteiger partial charge in [-0.1, -0.05) is 97.1 Å². The van der Waals surface area contributed by atoms with Crippen LogP contribution in [0.4, 0.5) is 17.1 Å². The highest BCUT2D eigenvalue weighted by Crippen LogP contribution is 2.45. The van der Waals surface area contributed by atoms with Crippen molar-refractivity contribution < 1.29 is 0 Å². The first-order chi connectivity index (χ1) is 24.7. The maximum absolute atomic E-state index is 8.51. The molecular weight excluding hydrogens is 611 g/mol. The summed E-state index contributed by atoms with van der Waals surface area (Å²) in [4.78, 5) is 11.6. The van der Waals surface area contributed by atoms with E-state index in [0.29, 0.717) is 17.1 Å². The van der Waals surface area contributed by atoms with Crippen LogP contribution in [-0.2, 0) is 0 Å². The Morgan fingerprint density at radius 1 is 0.380 bits per heavy atom. The van der Waals surface area contributed by atoms with Gasteiger partial charge in [0.25, 0.3) is 0 Å². The van der Waals surface area contributed by atoms with Gasteiger partial charge in [0.1, 0.15) is 0 Å². The zero-order chi connectivity index (χ0) is 33.8. The summed E-state index contributed by atoms with van der Waals surface area (Å²) in [6, 6.07) is 51.2. The molecule has 0 saturated carbocycles. The van der Waals surface area contributed by atoms with E-state index in [0.717, 1.165) is 66.5 Å². The molecule has 9 aromatic rings. The summed E-state index contributed by atoms with van der Waals surface area (Å²) in [5.74, 6) is 0. The van der Waals surface area contributed by atoms with E-state index in [2.05, 4.69) is 109 Å². The van der Waals surface area contributed by atoms with Crippen LogP contribution < -0.4 is 0 Å². The van der Waals surface area contributed by atoms with Crippen LogP contribution in [-0.4, -0.2) is 9.13 Å². The molecule has 0 amide bonds. The van der Waals surface area contributed by atoms with Gasteiger partial charge in [0.2, 0.25) is 5.69 Å². The third-order valence-corrected chi connectivity index (χ3v) is 9.54. The van der Waals surface area contributed by atoms with Crippen molar-refractivity contribution >= 4 is 60.7 Å². The van der Waals surface area contributed by atoms with E-state index >= 15 is 0 Å². The van der Waals surface area contributed by atoms with Crippen molar-refractivity contribution in [3.05, 3.63) is 186 Å². The fourth-order valence-electron chi connectivity index (χ4n) is 7.33. The van der Waals surface area contributed by atoms with Gasteiger partial charge in [-0.05, 0) is 87.6 Å². The van der Waals surface area contributed by atoms with Gasteiger partial charge in [-0.3, -0.25) is 0 Å². The standard InChI is InChI=1S/C45H25N5/c1-46-32-20-22-42-38(27-32)39-28-33(47-2)21-23-43(39)50(42)44-26-31(25-37(45(44)48-3)29-12-5-4-6-13-29)30-14-11-15-34(24-30)49-40-18-9-7-16-35(40)36-17-8-10-19-41(36)49/h4-28H. The molecular formula is C45H25N5. The Hall–Kier alpha value is -7.39. The minimum atomic E-state index is 0.524. The Kier molecular flexibility index (Phi) is 6.56. The highest BCUT2D eigenvalue weighted by Gasteiger charge is 2.21. The maximum Gasteiger partial charge on any atom is 0.218 e. The molecule has 230 valence electrons. The number of hydrogen-bond acceptors (Lipinski definition) is 0. The Balaban J connectivity index is 1.35. The summed E-state index contributed by atoms with van der Waals surface area (Å²) in [5.41, 5.74) is 11.2. The van der Waals surface area contributed by atoms with Gasteiger partial charge in [-0.25, -0.2) is 14.5 Å². The molecule has 5 heteroatoms. The second-order valence-electron chi connectivity index (χ2n) is 12.3. The van der Waals surface area contributed by atoms with E-state index in [4.69, 9.17) is 19.7 Å². The van der Waals surface area contributed by atoms with Crippen molar-refractivity contribution in [2.45, 2.75) is 0 Å². The lowest BCUT2D eigenvalue weighted by atomic mass is 9.95. The summed E-state index contributed by atoms with van der Waals surface area (Å²) < 4.78 is 4.43. The van der Waals surface area contributed by atoms with Gasteiger partial charge >= 0.3 is 0 Å². The van der Waals surface area contributed by atoms with Gasteiger partial charge in [0, 0.05) is 16.5 Å². The lowest BCUT2D eigenvalue weighted by molar-refractivity contribution is 1.18. The van der Waals surface area contributed by atoms with E-state index < -0.39 is 0 Å². The quantitative estimate of drug-likeness (QED) is 0.172. The molecule has 0 aliphatic rings. The Bertz CT molecular complexity index is 2830. The number of nitrogens with zero attached hydrogens (tertiary/aromatic N) is 5. The molecule has 0 aliphatic carbocycles. The lowest BCUT2D eigenvalue weighted by Crippen LogP contribution is -1.98. The number of rotatable bonds is 4. The molecule has 0 spiro atoms. The van der Waals surface area contributed by atoms with Crippen molar-refractivity contribution in [2.75, 3.05) is 0 Å². The van der Waals surface area contributed by atoms with Gasteiger partial charge in [-0.2, -0.15) is 0 Å². The molecule has 0 saturated heterocycles. The summed E-state index contributed by atoms with van der Waals surface area (Å²) in [6.07, 6.45) is 0. The van der Waals surface area contributed by atoms with Gasteiger partial charge < -0.3 is 9.13 Å². The second-order valence-corrected chi connectivity index (χ2v) is 12.3. The molecule has 9 rings (SSSR count). The first-order valence-corrected chi connectivity index (χ1v) is 16.2. The molecule has 7 aromatic carbocycles. The monoisotopic (exact) mass is 635 g/mol. The topological polar surface area (TPSA) is 22.9 Å². The number of aromatic nitrogens is 2. The minimum Gasteiger partial charge on any atom is -0.319 e. The van der Waals surface area contributed by atoms with E-state index in [9.17, 15) is 0 Å². The van der Waals surface area contributed by atoms with Gasteiger partial charge in [0.05, 0.1) is 47.5 Å². The number of fused-ring (bicyclic) bond motifs is 6. The van der Waals surface area contributed by atoms with Gasteiger partial charge in [-0.15, -0.1) is 0 Å². The molecule has 50 heavy (non-hydrogen) atoms. The van der Waals surface area contributed by atoms with Crippen LogP contribution in [0.15, 0.2) is 152 Å². The molecule has 0 atom stereocenters. The van der Waals surface area contributed by atoms with E-state index in [-0.39, 0.29) is 0 Å². The smallest absolute Gasteiger partial charge is 0.218 e. The van der Waals surface area contributed by atoms with E-state index in [1.54, 1.807) is 0 Å². The molecule has 0 N–H and O–H groups in total. The highest BCUT2D eigenvalue weighted by atomic mass is 15.0. The van der Waals surface area contributed by atoms with Crippen LogP contribution in [0.1, 0.15) is 0 Å². The SMILES string of the molecule is [C-]#[N+]c1ccc2c(c1)c1cc([N+]#[C-])ccc1n2-c1cc(-c2cccc(-n3c4ccccc4c4ccccc43)c2)cc(-c2ccccc2)c1[N+]#[C-]. The number of para-hydroxylation sites is 2. The molecule has 2 heterocycles. The fourth-order valence-corrected chi connectivity index (χ4v) is 7.33. The summed E-state index contributed by atoms with van der Waals surface area (Å²) in [7, 11) is 0. The predicted octanol–water partition coefficient (Wildman–Crippen LogP) is 12.9. The lowest BCUT2D eigenvalue weighted by Gasteiger charge is -2.17. The fraction of sp³-hybridized carbons (Fsp3) is 0. The van der Waals surface area contributed by atoms with E-state index in [1.807, 2.05) is 66.7 Å². The van der Waals surface area contributed by atoms with Crippen molar-refractivity contribution in [1.29, 1.82) is 0 Å². The minimum absolute atomic E-state index is 0.524. The summed E-state index contributed by atoms with van der Waals surface area (Å²) in [6.45, 7) is 23.9. The zero-order valence-electron chi connectivity index (χ0n) is 26.7. The van der Waals surface area contributed by atoms with Gasteiger partial charge in [0.15, 0.2) is 11.4 Å². The number of benzene rings is 7. The average Bonchev–Trinajstić information content (AvgIpc) is 3.69. The molecule has 0 unspecified atom stereocenters. The molecule has 0 fully saturated rings. The molecule has 0 radical (unpaired) electrons. The second kappa shape index (κ2) is 11.4. The predicted molar refractivity (Wildman–Crippen MR) is 205 cm³/mol. The van der Waals surface area contributed by atoms with Crippen LogP contribution >= 0.6 is 0 Å². The Morgan fingerprint density at radius 2 is 0.940 bits per heavy atom. The first-order valence-electron chi connectivity index (χ1n) is 16.2. The first kappa shape index (κ1) is 28.8.